The molecule has 1 heterocycles. The number of halogens is 1. The normalized spacial score (nSPS) is 10.1. The number of aromatic amines is 1. The molecule has 0 aliphatic rings. The number of benzene rings is 1. The minimum absolute atomic E-state index is 0.200. The summed E-state index contributed by atoms with van der Waals surface area (Å²) in [7, 11) is 0. The zero-order valence-electron chi connectivity index (χ0n) is 9.70. The van der Waals surface area contributed by atoms with Gasteiger partial charge in [-0.15, -0.1) is 0 Å². The third-order valence-corrected chi connectivity index (χ3v) is 2.13. The van der Waals surface area contributed by atoms with E-state index in [9.17, 15) is 9.18 Å². The van der Waals surface area contributed by atoms with Crippen molar-refractivity contribution in [2.24, 2.45) is 0 Å². The van der Waals surface area contributed by atoms with Crippen LogP contribution in [-0.2, 0) is 6.54 Å². The molecule has 0 aliphatic carbocycles. The molecule has 0 saturated heterocycles. The fraction of sp³-hybridized carbons (Fsp3) is 0.182. The van der Waals surface area contributed by atoms with Gasteiger partial charge in [0.05, 0.1) is 6.54 Å². The summed E-state index contributed by atoms with van der Waals surface area (Å²) < 4.78 is 12.9. The molecule has 7 heteroatoms. The second-order valence-electron chi connectivity index (χ2n) is 3.66. The van der Waals surface area contributed by atoms with E-state index in [2.05, 4.69) is 25.8 Å². The van der Waals surface area contributed by atoms with Crippen molar-refractivity contribution in [3.63, 3.8) is 0 Å². The number of hydrogen-bond donors (Lipinski definition) is 3. The lowest BCUT2D eigenvalue weighted by Crippen LogP contribution is -2.28. The molecule has 94 valence electrons. The Morgan fingerprint density at radius 1 is 1.50 bits per heavy atom. The van der Waals surface area contributed by atoms with Crippen LogP contribution in [-0.4, -0.2) is 21.2 Å². The first-order valence-electron chi connectivity index (χ1n) is 5.32. The molecule has 0 bridgehead atoms. The van der Waals surface area contributed by atoms with Crippen molar-refractivity contribution in [3.8, 4) is 0 Å². The molecule has 0 radical (unpaired) electrons. The third kappa shape index (κ3) is 3.27. The van der Waals surface area contributed by atoms with E-state index in [0.29, 0.717) is 17.3 Å². The average Bonchev–Trinajstić information content (AvgIpc) is 2.73. The van der Waals surface area contributed by atoms with Gasteiger partial charge in [0.25, 0.3) is 0 Å². The van der Waals surface area contributed by atoms with Crippen molar-refractivity contribution in [2.45, 2.75) is 13.5 Å². The molecule has 0 atom stereocenters. The zero-order chi connectivity index (χ0) is 13.0. The van der Waals surface area contributed by atoms with E-state index in [1.807, 2.05) is 0 Å². The first-order valence-corrected chi connectivity index (χ1v) is 5.32. The summed E-state index contributed by atoms with van der Waals surface area (Å²) >= 11 is 0. The summed E-state index contributed by atoms with van der Waals surface area (Å²) in [6.45, 7) is 1.97. The molecule has 2 amide bonds. The number of hydrogen-bond acceptors (Lipinski definition) is 3. The first-order chi connectivity index (χ1) is 8.63. The van der Waals surface area contributed by atoms with Gasteiger partial charge < -0.3 is 10.6 Å². The summed E-state index contributed by atoms with van der Waals surface area (Å²) in [4.78, 5) is 15.5. The minimum atomic E-state index is -0.442. The Bertz CT molecular complexity index is 554. The molecule has 18 heavy (non-hydrogen) atoms. The fourth-order valence-corrected chi connectivity index (χ4v) is 1.37. The van der Waals surface area contributed by atoms with Crippen LogP contribution >= 0.6 is 0 Å². The van der Waals surface area contributed by atoms with Gasteiger partial charge in [-0.05, 0) is 25.1 Å². The van der Waals surface area contributed by atoms with Gasteiger partial charge in [0, 0.05) is 5.69 Å². The van der Waals surface area contributed by atoms with Crippen molar-refractivity contribution in [1.82, 2.24) is 20.5 Å². The third-order valence-electron chi connectivity index (χ3n) is 2.13. The molecule has 1 aromatic carbocycles. The summed E-state index contributed by atoms with van der Waals surface area (Å²) in [5.41, 5.74) is 0.388. The van der Waals surface area contributed by atoms with Gasteiger partial charge in [-0.2, -0.15) is 5.10 Å². The van der Waals surface area contributed by atoms with E-state index in [-0.39, 0.29) is 6.54 Å². The van der Waals surface area contributed by atoms with Crippen molar-refractivity contribution < 1.29 is 9.18 Å². The maximum atomic E-state index is 12.9. The van der Waals surface area contributed by atoms with Crippen LogP contribution in [0.4, 0.5) is 14.9 Å². The quantitative estimate of drug-likeness (QED) is 0.772. The lowest BCUT2D eigenvalue weighted by molar-refractivity contribution is 0.251. The van der Waals surface area contributed by atoms with Crippen LogP contribution in [0.1, 0.15) is 11.6 Å². The summed E-state index contributed by atoms with van der Waals surface area (Å²) in [5.74, 6) is 0.761. The van der Waals surface area contributed by atoms with E-state index >= 15 is 0 Å². The smallest absolute Gasteiger partial charge is 0.319 e. The van der Waals surface area contributed by atoms with Gasteiger partial charge in [-0.1, -0.05) is 6.07 Å². The SMILES string of the molecule is Cc1nc(CNC(=O)Nc2cccc(F)c2)n[nH]1. The second-order valence-corrected chi connectivity index (χ2v) is 3.66. The standard InChI is InChI=1S/C11H12FN5O/c1-7-14-10(17-16-7)6-13-11(18)15-9-4-2-3-8(12)5-9/h2-5H,6H2,1H3,(H2,13,15,18)(H,14,16,17). The average molecular weight is 249 g/mol. The number of nitrogens with zero attached hydrogens (tertiary/aromatic N) is 2. The maximum Gasteiger partial charge on any atom is 0.319 e. The number of carbonyl (C=O) groups excluding carboxylic acids is 1. The van der Waals surface area contributed by atoms with Crippen molar-refractivity contribution in [1.29, 1.82) is 0 Å². The molecule has 1 aromatic heterocycles. The van der Waals surface area contributed by atoms with Crippen LogP contribution < -0.4 is 10.6 Å². The van der Waals surface area contributed by atoms with Crippen LogP contribution in [0.15, 0.2) is 24.3 Å². The lowest BCUT2D eigenvalue weighted by Gasteiger charge is -2.05. The Kier molecular flexibility index (Phi) is 3.52. The van der Waals surface area contributed by atoms with E-state index in [0.717, 1.165) is 0 Å². The number of anilines is 1. The lowest BCUT2D eigenvalue weighted by atomic mass is 10.3. The van der Waals surface area contributed by atoms with Gasteiger partial charge in [0.15, 0.2) is 5.82 Å². The van der Waals surface area contributed by atoms with Crippen molar-refractivity contribution >= 4 is 11.7 Å². The van der Waals surface area contributed by atoms with Crippen LogP contribution in [0.25, 0.3) is 0 Å². The highest BCUT2D eigenvalue weighted by Gasteiger charge is 2.04. The zero-order valence-corrected chi connectivity index (χ0v) is 9.70. The van der Waals surface area contributed by atoms with Gasteiger partial charge in [-0.25, -0.2) is 14.2 Å². The predicted octanol–water partition coefficient (Wildman–Crippen LogP) is 1.57. The summed E-state index contributed by atoms with van der Waals surface area (Å²) in [5, 5.41) is 11.6. The molecule has 3 N–H and O–H groups in total. The number of nitrogens with one attached hydrogen (secondary N) is 3. The largest absolute Gasteiger partial charge is 0.330 e. The van der Waals surface area contributed by atoms with E-state index in [4.69, 9.17) is 0 Å². The Morgan fingerprint density at radius 3 is 3.00 bits per heavy atom. The van der Waals surface area contributed by atoms with Gasteiger partial charge in [0.2, 0.25) is 0 Å². The maximum absolute atomic E-state index is 12.9. The Morgan fingerprint density at radius 2 is 2.33 bits per heavy atom. The highest BCUT2D eigenvalue weighted by Crippen LogP contribution is 2.08. The Balaban J connectivity index is 1.85. The molecule has 2 aromatic rings. The molecule has 0 spiro atoms. The van der Waals surface area contributed by atoms with Crippen molar-refractivity contribution in [2.75, 3.05) is 5.32 Å². The predicted molar refractivity (Wildman–Crippen MR) is 63.4 cm³/mol. The number of carbonyl (C=O) groups is 1. The van der Waals surface area contributed by atoms with Crippen LogP contribution in [0.5, 0.6) is 0 Å². The molecule has 0 unspecified atom stereocenters. The molecular formula is C11H12FN5O. The number of amides is 2. The molecule has 0 fully saturated rings. The van der Waals surface area contributed by atoms with Crippen LogP contribution in [0, 0.1) is 12.7 Å². The van der Waals surface area contributed by atoms with Crippen LogP contribution in [0.3, 0.4) is 0 Å². The highest BCUT2D eigenvalue weighted by molar-refractivity contribution is 5.89. The summed E-state index contributed by atoms with van der Waals surface area (Å²) in [6.07, 6.45) is 0. The first kappa shape index (κ1) is 12.0. The molecule has 6 nitrogen and oxygen atoms in total. The number of rotatable bonds is 3. The topological polar surface area (TPSA) is 82.7 Å². The number of aryl methyl sites for hydroxylation is 1. The van der Waals surface area contributed by atoms with E-state index < -0.39 is 11.8 Å². The molecule has 0 saturated carbocycles. The molecule has 0 aliphatic heterocycles. The fourth-order valence-electron chi connectivity index (χ4n) is 1.37. The minimum Gasteiger partial charge on any atom is -0.330 e. The number of urea groups is 1. The Hall–Kier alpha value is -2.44. The molecule has 2 rings (SSSR count). The number of aromatic nitrogens is 3. The van der Waals surface area contributed by atoms with E-state index in [1.165, 1.54) is 18.2 Å². The monoisotopic (exact) mass is 249 g/mol. The van der Waals surface area contributed by atoms with E-state index in [1.54, 1.807) is 13.0 Å². The number of H-pyrrole nitrogens is 1. The Labute approximate surface area is 103 Å². The summed E-state index contributed by atoms with van der Waals surface area (Å²) in [6, 6.07) is 5.21. The van der Waals surface area contributed by atoms with Crippen molar-refractivity contribution in [3.05, 3.63) is 41.7 Å². The van der Waals surface area contributed by atoms with Gasteiger partial charge >= 0.3 is 6.03 Å². The molecular weight excluding hydrogens is 237 g/mol. The van der Waals surface area contributed by atoms with Crippen LogP contribution in [0.2, 0.25) is 0 Å². The van der Waals surface area contributed by atoms with Gasteiger partial charge in [0.1, 0.15) is 11.6 Å². The van der Waals surface area contributed by atoms with Gasteiger partial charge in [-0.3, -0.25) is 5.10 Å². The highest BCUT2D eigenvalue weighted by atomic mass is 19.1. The second kappa shape index (κ2) is 5.26.